The molecule has 0 saturated heterocycles. The van der Waals surface area contributed by atoms with Crippen molar-refractivity contribution < 1.29 is 0 Å². The Morgan fingerprint density at radius 3 is 2.11 bits per heavy atom. The minimum absolute atomic E-state index is 0.447. The smallest absolute Gasteiger partial charge is 0.0372 e. The summed E-state index contributed by atoms with van der Waals surface area (Å²) in [5.41, 5.74) is 3.54. The Morgan fingerprint density at radius 1 is 1.00 bits per heavy atom. The van der Waals surface area contributed by atoms with Gasteiger partial charge >= 0.3 is 0 Å². The highest BCUT2D eigenvalue weighted by Gasteiger charge is 2.38. The number of rotatable bonds is 2. The predicted molar refractivity (Wildman–Crippen MR) is 80.0 cm³/mol. The van der Waals surface area contributed by atoms with E-state index in [4.69, 9.17) is 0 Å². The molecule has 1 aliphatic carbocycles. The van der Waals surface area contributed by atoms with Gasteiger partial charge in [-0.1, -0.05) is 45.9 Å². The van der Waals surface area contributed by atoms with Crippen LogP contribution in [0.5, 0.6) is 0 Å². The molecule has 100 valence electrons. The average Bonchev–Trinajstić information content (AvgIpc) is 2.16. The molecule has 1 N–H and O–H groups in total. The maximum absolute atomic E-state index is 3.76. The first-order chi connectivity index (χ1) is 8.27. The zero-order chi connectivity index (χ0) is 13.4. The van der Waals surface area contributed by atoms with E-state index in [1.807, 2.05) is 0 Å². The molecule has 1 fully saturated rings. The van der Waals surface area contributed by atoms with Gasteiger partial charge in [-0.3, -0.25) is 0 Å². The predicted octanol–water partition coefficient (Wildman–Crippen LogP) is 5.01. The molecular weight excluding hydrogens is 218 g/mol. The topological polar surface area (TPSA) is 12.0 Å². The lowest BCUT2D eigenvalue weighted by atomic mass is 9.63. The van der Waals surface area contributed by atoms with Crippen molar-refractivity contribution >= 4 is 5.69 Å². The number of anilines is 1. The Morgan fingerprint density at radius 2 is 1.56 bits per heavy atom. The van der Waals surface area contributed by atoms with Crippen LogP contribution in [0.4, 0.5) is 5.69 Å². The van der Waals surface area contributed by atoms with E-state index in [-0.39, 0.29) is 0 Å². The molecule has 0 bridgehead atoms. The number of benzene rings is 1. The fourth-order valence-corrected chi connectivity index (χ4v) is 3.90. The Kier molecular flexibility index (Phi) is 3.44. The number of hydrogen-bond acceptors (Lipinski definition) is 1. The van der Waals surface area contributed by atoms with Crippen molar-refractivity contribution in [3.8, 4) is 0 Å². The largest absolute Gasteiger partial charge is 0.382 e. The van der Waals surface area contributed by atoms with E-state index in [0.29, 0.717) is 16.9 Å². The van der Waals surface area contributed by atoms with Gasteiger partial charge in [0.2, 0.25) is 0 Å². The molecule has 18 heavy (non-hydrogen) atoms. The van der Waals surface area contributed by atoms with Crippen LogP contribution in [-0.4, -0.2) is 6.04 Å². The zero-order valence-corrected chi connectivity index (χ0v) is 12.5. The fourth-order valence-electron chi connectivity index (χ4n) is 3.90. The van der Waals surface area contributed by atoms with Crippen molar-refractivity contribution in [3.63, 3.8) is 0 Å². The number of para-hydroxylation sites is 1. The molecule has 0 aromatic heterocycles. The van der Waals surface area contributed by atoms with E-state index in [0.717, 1.165) is 0 Å². The number of hydrogen-bond donors (Lipinski definition) is 1. The molecule has 0 unspecified atom stereocenters. The summed E-state index contributed by atoms with van der Waals surface area (Å²) in [6, 6.07) is 9.21. The summed E-state index contributed by atoms with van der Waals surface area (Å²) in [4.78, 5) is 0. The third-order valence-corrected chi connectivity index (χ3v) is 4.06. The quantitative estimate of drug-likeness (QED) is 0.772. The van der Waals surface area contributed by atoms with Gasteiger partial charge in [0.1, 0.15) is 0 Å². The summed E-state index contributed by atoms with van der Waals surface area (Å²) in [7, 11) is 0. The SMILES string of the molecule is Cc1ccccc1NC1CC(C)(C)CC(C)(C)C1. The van der Waals surface area contributed by atoms with Crippen molar-refractivity contribution in [2.24, 2.45) is 10.8 Å². The summed E-state index contributed by atoms with van der Waals surface area (Å²) >= 11 is 0. The standard InChI is InChI=1S/C17H27N/c1-13-8-6-7-9-15(13)18-14-10-16(2,3)12-17(4,5)11-14/h6-9,14,18H,10-12H2,1-5H3. The second-order valence-electron chi connectivity index (χ2n) is 7.57. The lowest BCUT2D eigenvalue weighted by molar-refractivity contribution is 0.105. The van der Waals surface area contributed by atoms with Gasteiger partial charge in [0.15, 0.2) is 0 Å². The second kappa shape index (κ2) is 4.60. The maximum atomic E-state index is 3.76. The highest BCUT2D eigenvalue weighted by atomic mass is 14.9. The first-order valence-electron chi connectivity index (χ1n) is 7.10. The molecule has 0 aliphatic heterocycles. The van der Waals surface area contributed by atoms with Gasteiger partial charge in [0.05, 0.1) is 0 Å². The van der Waals surface area contributed by atoms with Crippen LogP contribution < -0.4 is 5.32 Å². The summed E-state index contributed by atoms with van der Waals surface area (Å²) in [5, 5.41) is 3.76. The lowest BCUT2D eigenvalue weighted by Crippen LogP contribution is -2.40. The number of nitrogens with one attached hydrogen (secondary N) is 1. The molecule has 1 aliphatic rings. The first-order valence-corrected chi connectivity index (χ1v) is 7.10. The van der Waals surface area contributed by atoms with Gasteiger partial charge in [0, 0.05) is 11.7 Å². The maximum Gasteiger partial charge on any atom is 0.0372 e. The molecule has 0 atom stereocenters. The van der Waals surface area contributed by atoms with Gasteiger partial charge in [0.25, 0.3) is 0 Å². The lowest BCUT2D eigenvalue weighted by Gasteiger charge is -2.45. The summed E-state index contributed by atoms with van der Waals surface area (Å²) < 4.78 is 0. The van der Waals surface area contributed by atoms with E-state index in [1.165, 1.54) is 30.5 Å². The highest BCUT2D eigenvalue weighted by Crippen LogP contribution is 2.46. The van der Waals surface area contributed by atoms with Crippen LogP contribution in [-0.2, 0) is 0 Å². The van der Waals surface area contributed by atoms with Crippen molar-refractivity contribution in [2.45, 2.75) is 59.9 Å². The van der Waals surface area contributed by atoms with Crippen LogP contribution in [0.3, 0.4) is 0 Å². The summed E-state index contributed by atoms with van der Waals surface area (Å²) in [6.07, 6.45) is 3.86. The first kappa shape index (κ1) is 13.5. The molecule has 1 nitrogen and oxygen atoms in total. The van der Waals surface area contributed by atoms with Crippen molar-refractivity contribution in [3.05, 3.63) is 29.8 Å². The Hall–Kier alpha value is -0.980. The summed E-state index contributed by atoms with van der Waals surface area (Å²) in [6.45, 7) is 11.8. The molecular formula is C17H27N. The molecule has 0 radical (unpaired) electrons. The van der Waals surface area contributed by atoms with Gasteiger partial charge in [-0.15, -0.1) is 0 Å². The minimum Gasteiger partial charge on any atom is -0.382 e. The third kappa shape index (κ3) is 3.28. The van der Waals surface area contributed by atoms with Gasteiger partial charge < -0.3 is 5.32 Å². The Labute approximate surface area is 112 Å². The van der Waals surface area contributed by atoms with E-state index in [1.54, 1.807) is 0 Å². The van der Waals surface area contributed by atoms with Crippen LogP contribution in [0.25, 0.3) is 0 Å². The Bertz CT molecular complexity index is 401. The van der Waals surface area contributed by atoms with E-state index in [2.05, 4.69) is 64.2 Å². The summed E-state index contributed by atoms with van der Waals surface area (Å²) in [5.74, 6) is 0. The third-order valence-electron chi connectivity index (χ3n) is 4.06. The van der Waals surface area contributed by atoms with Crippen LogP contribution in [0.1, 0.15) is 52.5 Å². The molecule has 0 heterocycles. The van der Waals surface area contributed by atoms with E-state index >= 15 is 0 Å². The molecule has 1 aromatic rings. The van der Waals surface area contributed by atoms with Crippen molar-refractivity contribution in [1.82, 2.24) is 0 Å². The van der Waals surface area contributed by atoms with Gasteiger partial charge in [-0.25, -0.2) is 0 Å². The average molecular weight is 245 g/mol. The fraction of sp³-hybridized carbons (Fsp3) is 0.647. The second-order valence-corrected chi connectivity index (χ2v) is 7.57. The van der Waals surface area contributed by atoms with Crippen LogP contribution in [0.15, 0.2) is 24.3 Å². The Balaban J connectivity index is 2.12. The molecule has 0 amide bonds. The molecule has 1 aromatic carbocycles. The highest BCUT2D eigenvalue weighted by molar-refractivity contribution is 5.51. The minimum atomic E-state index is 0.447. The molecule has 2 rings (SSSR count). The van der Waals surface area contributed by atoms with E-state index < -0.39 is 0 Å². The zero-order valence-electron chi connectivity index (χ0n) is 12.5. The van der Waals surface area contributed by atoms with Crippen LogP contribution in [0.2, 0.25) is 0 Å². The van der Waals surface area contributed by atoms with Crippen molar-refractivity contribution in [1.29, 1.82) is 0 Å². The van der Waals surface area contributed by atoms with E-state index in [9.17, 15) is 0 Å². The molecule has 1 heteroatoms. The molecule has 1 saturated carbocycles. The molecule has 0 spiro atoms. The van der Waals surface area contributed by atoms with Gasteiger partial charge in [-0.05, 0) is 48.6 Å². The van der Waals surface area contributed by atoms with Crippen molar-refractivity contribution in [2.75, 3.05) is 5.32 Å². The van der Waals surface area contributed by atoms with Crippen LogP contribution in [0, 0.1) is 17.8 Å². The number of aryl methyl sites for hydroxylation is 1. The van der Waals surface area contributed by atoms with Gasteiger partial charge in [-0.2, -0.15) is 0 Å². The van der Waals surface area contributed by atoms with Crippen LogP contribution >= 0.6 is 0 Å². The monoisotopic (exact) mass is 245 g/mol. The normalized spacial score (nSPS) is 22.7.